The molecule has 0 spiro atoms. The fourth-order valence-electron chi connectivity index (χ4n) is 5.11. The number of aryl methyl sites for hydroxylation is 1. The SMILES string of the molecule is CC1=Cc2c(-c3ccccc3)ccc(C)c2[CH]1[Zr+2][CH]1C(C(C)C)=Cc2ccccc21.[Cl-].[Cl-]. The van der Waals surface area contributed by atoms with Crippen LogP contribution >= 0.6 is 0 Å². The van der Waals surface area contributed by atoms with E-state index in [1.165, 1.54) is 27.8 Å². The fourth-order valence-corrected chi connectivity index (χ4v) is 10.7. The van der Waals surface area contributed by atoms with Crippen LogP contribution in [0.3, 0.4) is 0 Å². The molecule has 0 bridgehead atoms. The van der Waals surface area contributed by atoms with Gasteiger partial charge in [-0.3, -0.25) is 0 Å². The topological polar surface area (TPSA) is 0 Å². The van der Waals surface area contributed by atoms with Crippen molar-refractivity contribution >= 4 is 12.2 Å². The molecular formula is C29H28Cl2Zr. The Kier molecular flexibility index (Phi) is 8.08. The van der Waals surface area contributed by atoms with Gasteiger partial charge in [-0.25, -0.2) is 0 Å². The summed E-state index contributed by atoms with van der Waals surface area (Å²) in [4.78, 5) is 0. The molecule has 3 aromatic rings. The zero-order valence-electron chi connectivity index (χ0n) is 19.0. The Morgan fingerprint density at radius 3 is 2.16 bits per heavy atom. The zero-order valence-corrected chi connectivity index (χ0v) is 23.0. The monoisotopic (exact) mass is 536 g/mol. The van der Waals surface area contributed by atoms with Crippen LogP contribution in [0.1, 0.15) is 55.8 Å². The molecule has 3 aromatic carbocycles. The number of fused-ring (bicyclic) bond motifs is 2. The third kappa shape index (κ3) is 4.37. The summed E-state index contributed by atoms with van der Waals surface area (Å²) in [7, 11) is 0. The van der Waals surface area contributed by atoms with Gasteiger partial charge in [-0.15, -0.1) is 0 Å². The number of allylic oxidation sites excluding steroid dienone is 2. The Hall–Kier alpha value is -1.40. The zero-order chi connectivity index (χ0) is 20.8. The van der Waals surface area contributed by atoms with Gasteiger partial charge in [-0.05, 0) is 0 Å². The quantitative estimate of drug-likeness (QED) is 0.477. The van der Waals surface area contributed by atoms with Crippen molar-refractivity contribution in [3.8, 4) is 11.1 Å². The molecule has 2 atom stereocenters. The van der Waals surface area contributed by atoms with E-state index in [0.717, 1.165) is 0 Å². The summed E-state index contributed by atoms with van der Waals surface area (Å²) in [6, 6.07) is 24.7. The van der Waals surface area contributed by atoms with E-state index >= 15 is 0 Å². The summed E-state index contributed by atoms with van der Waals surface area (Å²) < 4.78 is 1.34. The Morgan fingerprint density at radius 1 is 0.750 bits per heavy atom. The van der Waals surface area contributed by atoms with Crippen molar-refractivity contribution in [2.24, 2.45) is 5.92 Å². The first-order chi connectivity index (χ1) is 14.5. The van der Waals surface area contributed by atoms with E-state index in [1.807, 2.05) is 0 Å². The molecule has 2 aliphatic carbocycles. The molecule has 2 unspecified atom stereocenters. The standard InChI is InChI=1S/C17H15.C12H13.2ClH.Zr/c1-12-10-16-13(2)8-9-15(17(16)11-12)14-6-4-3-5-7-14;1-9(2)12-7-10-5-3-4-6-11(10)8-12;;;/h3-11H,1-2H3;3-9H,1-2H3;2*1H;/q;;;;+2/p-2. The molecule has 0 amide bonds. The van der Waals surface area contributed by atoms with Crippen molar-refractivity contribution in [3.05, 3.63) is 106 Å². The molecule has 0 radical (unpaired) electrons. The van der Waals surface area contributed by atoms with Crippen LogP contribution in [0.2, 0.25) is 0 Å². The number of hydrogen-bond donors (Lipinski definition) is 0. The molecule has 3 heteroatoms. The van der Waals surface area contributed by atoms with Gasteiger partial charge in [0.2, 0.25) is 0 Å². The van der Waals surface area contributed by atoms with Crippen LogP contribution in [0, 0.1) is 12.8 Å². The van der Waals surface area contributed by atoms with E-state index in [9.17, 15) is 0 Å². The van der Waals surface area contributed by atoms with Gasteiger partial charge in [0.25, 0.3) is 0 Å². The van der Waals surface area contributed by atoms with Crippen molar-refractivity contribution in [1.82, 2.24) is 0 Å². The Bertz CT molecular complexity index is 1180. The van der Waals surface area contributed by atoms with Crippen molar-refractivity contribution in [2.75, 3.05) is 0 Å². The smallest absolute Gasteiger partial charge is 1.00 e. The predicted octanol–water partition coefficient (Wildman–Crippen LogP) is 2.00. The maximum atomic E-state index is 2.50. The molecule has 0 saturated heterocycles. The number of halogens is 2. The largest absolute Gasteiger partial charge is 1.00 e. The van der Waals surface area contributed by atoms with Crippen LogP contribution in [-0.4, -0.2) is 0 Å². The van der Waals surface area contributed by atoms with Crippen molar-refractivity contribution in [3.63, 3.8) is 0 Å². The van der Waals surface area contributed by atoms with Gasteiger partial charge in [0.15, 0.2) is 0 Å². The summed E-state index contributed by atoms with van der Waals surface area (Å²) in [5.41, 5.74) is 13.6. The van der Waals surface area contributed by atoms with Crippen LogP contribution in [0.5, 0.6) is 0 Å². The van der Waals surface area contributed by atoms with Crippen LogP contribution < -0.4 is 24.8 Å². The van der Waals surface area contributed by atoms with Gasteiger partial charge in [0.1, 0.15) is 0 Å². The molecule has 0 nitrogen and oxygen atoms in total. The fraction of sp³-hybridized carbons (Fsp3) is 0.241. The van der Waals surface area contributed by atoms with E-state index < -0.39 is 23.2 Å². The Morgan fingerprint density at radius 2 is 1.44 bits per heavy atom. The van der Waals surface area contributed by atoms with E-state index in [1.54, 1.807) is 22.3 Å². The molecule has 162 valence electrons. The molecule has 0 heterocycles. The summed E-state index contributed by atoms with van der Waals surface area (Å²) in [5.74, 6) is 0.616. The minimum Gasteiger partial charge on any atom is -1.00 e. The van der Waals surface area contributed by atoms with Gasteiger partial charge in [-0.2, -0.15) is 0 Å². The van der Waals surface area contributed by atoms with E-state index in [2.05, 4.69) is 107 Å². The van der Waals surface area contributed by atoms with Gasteiger partial charge < -0.3 is 24.8 Å². The maximum absolute atomic E-state index is 2.50. The molecule has 2 aliphatic rings. The van der Waals surface area contributed by atoms with Gasteiger partial charge in [-0.1, -0.05) is 0 Å². The van der Waals surface area contributed by atoms with Gasteiger partial charge in [0, 0.05) is 0 Å². The molecule has 5 rings (SSSR count). The number of rotatable bonds is 4. The first-order valence-electron chi connectivity index (χ1n) is 11.0. The first-order valence-corrected chi connectivity index (χ1v) is 13.8. The second-order valence-electron chi connectivity index (χ2n) is 8.97. The minimum absolute atomic E-state index is 0. The van der Waals surface area contributed by atoms with E-state index in [4.69, 9.17) is 0 Å². The van der Waals surface area contributed by atoms with Crippen LogP contribution in [0.25, 0.3) is 23.3 Å². The summed E-state index contributed by atoms with van der Waals surface area (Å²) in [5, 5.41) is 0. The molecule has 0 fully saturated rings. The van der Waals surface area contributed by atoms with Crippen LogP contribution in [0.4, 0.5) is 0 Å². The maximum Gasteiger partial charge on any atom is -1.00 e. The third-order valence-electron chi connectivity index (χ3n) is 6.67. The van der Waals surface area contributed by atoms with Crippen molar-refractivity contribution < 1.29 is 48.0 Å². The second-order valence-corrected chi connectivity index (χ2v) is 12.6. The summed E-state index contributed by atoms with van der Waals surface area (Å²) >= 11 is -0.805. The average Bonchev–Trinajstić information content (AvgIpc) is 3.28. The van der Waals surface area contributed by atoms with Gasteiger partial charge >= 0.3 is 193 Å². The van der Waals surface area contributed by atoms with Crippen LogP contribution in [0.15, 0.2) is 77.9 Å². The predicted molar refractivity (Wildman–Crippen MR) is 125 cm³/mol. The van der Waals surface area contributed by atoms with Crippen molar-refractivity contribution in [2.45, 2.75) is 34.9 Å². The first kappa shape index (κ1) is 25.2. The van der Waals surface area contributed by atoms with Gasteiger partial charge in [0.05, 0.1) is 0 Å². The van der Waals surface area contributed by atoms with Crippen molar-refractivity contribution in [1.29, 1.82) is 0 Å². The molecule has 0 N–H and O–H groups in total. The molecule has 0 saturated carbocycles. The molecule has 32 heavy (non-hydrogen) atoms. The second kappa shape index (κ2) is 10.3. The molecule has 0 aromatic heterocycles. The van der Waals surface area contributed by atoms with Crippen LogP contribution in [-0.2, 0) is 23.2 Å². The number of benzene rings is 3. The summed E-state index contributed by atoms with van der Waals surface area (Å²) in [6.07, 6.45) is 4.99. The average molecular weight is 539 g/mol. The third-order valence-corrected chi connectivity index (χ3v) is 11.7. The number of hydrogen-bond acceptors (Lipinski definition) is 0. The Balaban J connectivity index is 0.00000144. The minimum atomic E-state index is -0.805. The molecular weight excluding hydrogens is 510 g/mol. The van der Waals surface area contributed by atoms with E-state index in [0.29, 0.717) is 13.2 Å². The summed E-state index contributed by atoms with van der Waals surface area (Å²) in [6.45, 7) is 9.43. The Labute approximate surface area is 216 Å². The normalized spacial score (nSPS) is 18.0. The molecule has 0 aliphatic heterocycles. The van der Waals surface area contributed by atoms with E-state index in [-0.39, 0.29) is 24.8 Å².